The van der Waals surface area contributed by atoms with Crippen LogP contribution in [0.25, 0.3) is 0 Å². The van der Waals surface area contributed by atoms with Crippen LogP contribution in [-0.4, -0.2) is 36.4 Å². The van der Waals surface area contributed by atoms with Crippen LogP contribution in [0, 0.1) is 0 Å². The van der Waals surface area contributed by atoms with Gasteiger partial charge in [0.05, 0.1) is 6.61 Å². The lowest BCUT2D eigenvalue weighted by Gasteiger charge is -2.15. The maximum Gasteiger partial charge on any atom is 0.306 e. The molecule has 5 heteroatoms. The van der Waals surface area contributed by atoms with E-state index in [9.17, 15) is 14.7 Å². The predicted octanol–water partition coefficient (Wildman–Crippen LogP) is 12.4. The van der Waals surface area contributed by atoms with Crippen LogP contribution in [-0.2, 0) is 19.1 Å². The maximum absolute atomic E-state index is 12.2. The first kappa shape index (κ1) is 45.6. The topological polar surface area (TPSA) is 72.8 Å². The Morgan fingerprint density at radius 2 is 0.833 bits per heavy atom. The van der Waals surface area contributed by atoms with Crippen molar-refractivity contribution < 1.29 is 24.2 Å². The molecule has 0 saturated heterocycles. The summed E-state index contributed by atoms with van der Waals surface area (Å²) in [6.07, 6.45) is 49.9. The van der Waals surface area contributed by atoms with Crippen LogP contribution in [0.4, 0.5) is 0 Å². The van der Waals surface area contributed by atoms with Crippen LogP contribution < -0.4 is 0 Å². The highest BCUT2D eigenvalue weighted by Crippen LogP contribution is 2.12. The van der Waals surface area contributed by atoms with Gasteiger partial charge < -0.3 is 14.6 Å². The highest BCUT2D eigenvalue weighted by Gasteiger charge is 2.16. The Labute approximate surface area is 296 Å². The third-order valence-corrected chi connectivity index (χ3v) is 8.28. The van der Waals surface area contributed by atoms with Crippen LogP contribution in [0.3, 0.4) is 0 Å². The minimum Gasteiger partial charge on any atom is -0.462 e. The zero-order valence-corrected chi connectivity index (χ0v) is 31.2. The minimum absolute atomic E-state index is 0.0813. The Morgan fingerprint density at radius 1 is 0.479 bits per heavy atom. The van der Waals surface area contributed by atoms with E-state index in [0.717, 1.165) is 77.0 Å². The Balaban J connectivity index is 3.63. The molecule has 0 aromatic carbocycles. The third-order valence-electron chi connectivity index (χ3n) is 8.28. The van der Waals surface area contributed by atoms with E-state index in [2.05, 4.69) is 74.6 Å². The molecule has 0 spiro atoms. The number of aliphatic hydroxyl groups excluding tert-OH is 1. The molecule has 0 aliphatic carbocycles. The van der Waals surface area contributed by atoms with Gasteiger partial charge in [0.1, 0.15) is 6.61 Å². The van der Waals surface area contributed by atoms with E-state index in [4.69, 9.17) is 9.47 Å². The number of carbonyl (C=O) groups is 2. The number of rotatable bonds is 35. The number of hydrogen-bond donors (Lipinski definition) is 1. The SMILES string of the molecule is CCCCC/C=C\C/C=C\C/C=C\CCCCCCC(=O)O[C@@H](CO)COC(=O)CCCCCCCCC/C=C\C/C=C\CCCCC. The molecule has 5 nitrogen and oxygen atoms in total. The first-order valence-electron chi connectivity index (χ1n) is 19.8. The van der Waals surface area contributed by atoms with Gasteiger partial charge in [0.2, 0.25) is 0 Å². The number of allylic oxidation sites excluding steroid dienone is 10. The van der Waals surface area contributed by atoms with Crippen LogP contribution in [0.1, 0.15) is 181 Å². The second kappa shape index (κ2) is 39.0. The summed E-state index contributed by atoms with van der Waals surface area (Å²) < 4.78 is 10.6. The second-order valence-electron chi connectivity index (χ2n) is 13.0. The van der Waals surface area contributed by atoms with Gasteiger partial charge >= 0.3 is 11.9 Å². The first-order chi connectivity index (χ1) is 23.6. The van der Waals surface area contributed by atoms with Gasteiger partial charge in [-0.15, -0.1) is 0 Å². The van der Waals surface area contributed by atoms with E-state index < -0.39 is 6.10 Å². The summed E-state index contributed by atoms with van der Waals surface area (Å²) in [7, 11) is 0. The van der Waals surface area contributed by atoms with E-state index >= 15 is 0 Å². The molecular formula is C43H74O5. The number of hydrogen-bond acceptors (Lipinski definition) is 5. The third kappa shape index (κ3) is 36.4. The van der Waals surface area contributed by atoms with Gasteiger partial charge in [0, 0.05) is 12.8 Å². The average molecular weight is 671 g/mol. The lowest BCUT2D eigenvalue weighted by atomic mass is 10.1. The largest absolute Gasteiger partial charge is 0.462 e. The molecule has 1 atom stereocenters. The molecule has 0 aliphatic heterocycles. The van der Waals surface area contributed by atoms with Crippen molar-refractivity contribution >= 4 is 11.9 Å². The Morgan fingerprint density at radius 3 is 1.25 bits per heavy atom. The molecule has 0 aromatic heterocycles. The smallest absolute Gasteiger partial charge is 0.306 e. The second-order valence-corrected chi connectivity index (χ2v) is 13.0. The Bertz CT molecular complexity index is 853. The lowest BCUT2D eigenvalue weighted by Crippen LogP contribution is -2.28. The van der Waals surface area contributed by atoms with Crippen molar-refractivity contribution in [2.24, 2.45) is 0 Å². The summed E-state index contributed by atoms with van der Waals surface area (Å²) >= 11 is 0. The molecule has 0 aliphatic rings. The fraction of sp³-hybridized carbons (Fsp3) is 0.721. The van der Waals surface area contributed by atoms with Crippen molar-refractivity contribution in [1.82, 2.24) is 0 Å². The highest BCUT2D eigenvalue weighted by molar-refractivity contribution is 5.70. The quantitative estimate of drug-likeness (QED) is 0.0413. The predicted molar refractivity (Wildman–Crippen MR) is 205 cm³/mol. The molecule has 48 heavy (non-hydrogen) atoms. The van der Waals surface area contributed by atoms with E-state index in [1.807, 2.05) is 0 Å². The molecule has 0 rings (SSSR count). The average Bonchev–Trinajstić information content (AvgIpc) is 3.09. The zero-order chi connectivity index (χ0) is 35.0. The van der Waals surface area contributed by atoms with E-state index in [1.54, 1.807) is 0 Å². The summed E-state index contributed by atoms with van der Waals surface area (Å²) in [5, 5.41) is 9.55. The molecule has 276 valence electrons. The van der Waals surface area contributed by atoms with Gasteiger partial charge in [-0.25, -0.2) is 0 Å². The van der Waals surface area contributed by atoms with Gasteiger partial charge in [-0.3, -0.25) is 9.59 Å². The number of carbonyl (C=O) groups excluding carboxylic acids is 2. The van der Waals surface area contributed by atoms with Gasteiger partial charge in [0.25, 0.3) is 0 Å². The monoisotopic (exact) mass is 671 g/mol. The van der Waals surface area contributed by atoms with Crippen molar-refractivity contribution in [2.75, 3.05) is 13.2 Å². The molecule has 0 saturated carbocycles. The number of unbranched alkanes of at least 4 members (excludes halogenated alkanes) is 17. The summed E-state index contributed by atoms with van der Waals surface area (Å²) in [6, 6.07) is 0. The van der Waals surface area contributed by atoms with Gasteiger partial charge in [-0.05, 0) is 83.5 Å². The molecule has 1 N–H and O–H groups in total. The van der Waals surface area contributed by atoms with E-state index in [1.165, 1.54) is 77.0 Å². The normalized spacial score (nSPS) is 12.8. The molecule has 0 radical (unpaired) electrons. The lowest BCUT2D eigenvalue weighted by molar-refractivity contribution is -0.161. The van der Waals surface area contributed by atoms with Gasteiger partial charge in [-0.2, -0.15) is 0 Å². The van der Waals surface area contributed by atoms with Crippen molar-refractivity contribution in [3.8, 4) is 0 Å². The molecule has 0 amide bonds. The van der Waals surface area contributed by atoms with Crippen LogP contribution in [0.2, 0.25) is 0 Å². The molecule has 0 bridgehead atoms. The Kier molecular flexibility index (Phi) is 37.1. The molecule has 0 unspecified atom stereocenters. The number of aliphatic hydroxyl groups is 1. The van der Waals surface area contributed by atoms with Crippen LogP contribution in [0.5, 0.6) is 0 Å². The first-order valence-corrected chi connectivity index (χ1v) is 19.8. The minimum atomic E-state index is -0.788. The van der Waals surface area contributed by atoms with Crippen LogP contribution in [0.15, 0.2) is 60.8 Å². The van der Waals surface area contributed by atoms with Crippen molar-refractivity contribution in [1.29, 1.82) is 0 Å². The van der Waals surface area contributed by atoms with Crippen molar-refractivity contribution in [3.05, 3.63) is 60.8 Å². The van der Waals surface area contributed by atoms with Crippen molar-refractivity contribution in [3.63, 3.8) is 0 Å². The van der Waals surface area contributed by atoms with Gasteiger partial charge in [0.15, 0.2) is 6.10 Å². The highest BCUT2D eigenvalue weighted by atomic mass is 16.6. The van der Waals surface area contributed by atoms with E-state index in [0.29, 0.717) is 12.8 Å². The Hall–Kier alpha value is -2.40. The van der Waals surface area contributed by atoms with Crippen LogP contribution >= 0.6 is 0 Å². The van der Waals surface area contributed by atoms with Gasteiger partial charge in [-0.1, -0.05) is 145 Å². The molecule has 0 aromatic rings. The van der Waals surface area contributed by atoms with Crippen molar-refractivity contribution in [2.45, 2.75) is 187 Å². The fourth-order valence-corrected chi connectivity index (χ4v) is 5.24. The molecule has 0 fully saturated rings. The molecule has 0 heterocycles. The maximum atomic E-state index is 12.2. The summed E-state index contributed by atoms with van der Waals surface area (Å²) in [4.78, 5) is 24.3. The standard InChI is InChI=1S/C43H74O5/c1-3-5-7-9-11-13-15-17-19-21-23-25-27-29-31-33-35-37-42(45)47-40-41(39-44)48-43(46)38-36-34-32-30-28-26-24-22-20-18-16-14-12-10-8-6-4-2/h11-14,17-20,24,26,41,44H,3-10,15-16,21-23,25,27-40H2,1-2H3/b13-11-,14-12-,19-17-,20-18-,26-24-/t41-/m0/s1. The fourth-order valence-electron chi connectivity index (χ4n) is 5.24. The summed E-state index contributed by atoms with van der Waals surface area (Å²) in [6.45, 7) is 4.05. The number of esters is 2. The van der Waals surface area contributed by atoms with E-state index in [-0.39, 0.29) is 25.2 Å². The number of ether oxygens (including phenoxy) is 2. The zero-order valence-electron chi connectivity index (χ0n) is 31.2. The summed E-state index contributed by atoms with van der Waals surface area (Å²) in [5.41, 5.74) is 0. The summed E-state index contributed by atoms with van der Waals surface area (Å²) in [5.74, 6) is -0.628. The molecular weight excluding hydrogens is 596 g/mol.